The zero-order valence-corrected chi connectivity index (χ0v) is 19.8. The zero-order chi connectivity index (χ0) is 21.0. The van der Waals surface area contributed by atoms with Crippen LogP contribution in [0.25, 0.3) is 0 Å². The number of ether oxygens (including phenoxy) is 2. The number of hydrogen-bond acceptors (Lipinski definition) is 4. The molecule has 27 heavy (non-hydrogen) atoms. The maximum Gasteiger partial charge on any atom is 0.549 e. The van der Waals surface area contributed by atoms with Crippen molar-refractivity contribution in [1.29, 1.82) is 0 Å². The van der Waals surface area contributed by atoms with Gasteiger partial charge in [-0.1, -0.05) is 48.5 Å². The van der Waals surface area contributed by atoms with Crippen LogP contribution in [0.5, 0.6) is 0 Å². The van der Waals surface area contributed by atoms with Crippen LogP contribution < -0.4 is 5.30 Å². The highest BCUT2D eigenvalue weighted by Gasteiger charge is 2.42. The van der Waals surface area contributed by atoms with Gasteiger partial charge in [-0.05, 0) is 34.6 Å². The molecular formula is C22H38O4P+. The molecule has 0 aliphatic rings. The van der Waals surface area contributed by atoms with E-state index in [0.717, 1.165) is 16.4 Å². The van der Waals surface area contributed by atoms with Crippen molar-refractivity contribution < 1.29 is 18.6 Å². The lowest BCUT2D eigenvalue weighted by Gasteiger charge is -2.32. The zero-order valence-electron chi connectivity index (χ0n) is 18.9. The van der Waals surface area contributed by atoms with Crippen LogP contribution in [0, 0.1) is 0 Å². The van der Waals surface area contributed by atoms with Gasteiger partial charge in [0.2, 0.25) is 5.30 Å². The Balaban J connectivity index is 3.94. The Kier molecular flexibility index (Phi) is 8.20. The molecule has 154 valence electrons. The molecular weight excluding hydrogens is 359 g/mol. The molecule has 5 heteroatoms. The molecule has 1 atom stereocenters. The van der Waals surface area contributed by atoms with Crippen molar-refractivity contribution in [1.82, 2.24) is 0 Å². The highest BCUT2D eigenvalue weighted by molar-refractivity contribution is 7.48. The number of benzene rings is 1. The van der Waals surface area contributed by atoms with Gasteiger partial charge in [0.05, 0.1) is 13.2 Å². The maximum atomic E-state index is 13.2. The van der Waals surface area contributed by atoms with Crippen LogP contribution in [-0.4, -0.2) is 34.0 Å². The molecule has 0 bridgehead atoms. The highest BCUT2D eigenvalue weighted by Crippen LogP contribution is 2.39. The molecule has 0 fully saturated rings. The third kappa shape index (κ3) is 5.84. The van der Waals surface area contributed by atoms with Gasteiger partial charge in [0.15, 0.2) is 0 Å². The molecule has 0 amide bonds. The maximum absolute atomic E-state index is 13.2. The van der Waals surface area contributed by atoms with Crippen LogP contribution >= 0.6 is 8.03 Å². The van der Waals surface area contributed by atoms with Crippen molar-refractivity contribution in [3.8, 4) is 0 Å². The Bertz CT molecular complexity index is 618. The fraction of sp³-hybridized carbons (Fsp3) is 0.727. The molecule has 0 aromatic heterocycles. The van der Waals surface area contributed by atoms with E-state index in [-0.39, 0.29) is 16.2 Å². The molecule has 1 aromatic carbocycles. The number of rotatable bonds is 9. The fourth-order valence-corrected chi connectivity index (χ4v) is 4.85. The standard InChI is InChI=1S/C22H38O4P/c1-11-26-27(23)19-17(21(5,6)14-24-9)12-16(20(2,3)4)13-18(19)22(7,8)15-25-10/h12-13H,11,14-15H2,1-10H3/q+1. The first-order chi connectivity index (χ1) is 12.3. The topological polar surface area (TPSA) is 44.8 Å². The lowest BCUT2D eigenvalue weighted by Crippen LogP contribution is -2.37. The van der Waals surface area contributed by atoms with Gasteiger partial charge in [0.1, 0.15) is 6.61 Å². The minimum absolute atomic E-state index is 0.0361. The average Bonchev–Trinajstić information content (AvgIpc) is 2.52. The van der Waals surface area contributed by atoms with E-state index in [1.165, 1.54) is 5.56 Å². The van der Waals surface area contributed by atoms with Crippen LogP contribution in [0.15, 0.2) is 12.1 Å². The first kappa shape index (κ1) is 24.2. The Hall–Kier alpha value is -0.800. The van der Waals surface area contributed by atoms with E-state index in [0.29, 0.717) is 19.8 Å². The smallest absolute Gasteiger partial charge is 0.384 e. The molecule has 0 radical (unpaired) electrons. The summed E-state index contributed by atoms with van der Waals surface area (Å²) in [4.78, 5) is 0. The summed E-state index contributed by atoms with van der Waals surface area (Å²) in [6.07, 6.45) is 0. The van der Waals surface area contributed by atoms with Crippen molar-refractivity contribution in [3.05, 3.63) is 28.8 Å². The molecule has 1 aromatic rings. The fourth-order valence-electron chi connectivity index (χ4n) is 3.35. The molecule has 1 unspecified atom stereocenters. The Labute approximate surface area is 166 Å². The largest absolute Gasteiger partial charge is 0.549 e. The second-order valence-electron chi connectivity index (χ2n) is 9.48. The van der Waals surface area contributed by atoms with Crippen LogP contribution in [0.3, 0.4) is 0 Å². The van der Waals surface area contributed by atoms with E-state index >= 15 is 0 Å². The Morgan fingerprint density at radius 3 is 1.56 bits per heavy atom. The van der Waals surface area contributed by atoms with Gasteiger partial charge in [0.25, 0.3) is 0 Å². The second-order valence-corrected chi connectivity index (χ2v) is 10.7. The third-order valence-corrected chi connectivity index (χ3v) is 6.21. The minimum atomic E-state index is -1.98. The van der Waals surface area contributed by atoms with E-state index in [1.54, 1.807) is 14.2 Å². The normalized spacial score (nSPS) is 13.8. The average molecular weight is 398 g/mol. The van der Waals surface area contributed by atoms with Crippen LogP contribution in [0.1, 0.15) is 72.1 Å². The third-order valence-electron chi connectivity index (χ3n) is 4.87. The molecule has 4 nitrogen and oxygen atoms in total. The number of methoxy groups -OCH3 is 2. The van der Waals surface area contributed by atoms with Gasteiger partial charge in [-0.3, -0.25) is 0 Å². The molecule has 0 aliphatic carbocycles. The predicted octanol–water partition coefficient (Wildman–Crippen LogP) is 5.24. The van der Waals surface area contributed by atoms with Crippen molar-refractivity contribution >= 4 is 13.3 Å². The van der Waals surface area contributed by atoms with Crippen molar-refractivity contribution in [2.45, 2.75) is 71.6 Å². The molecule has 0 aliphatic heterocycles. The quantitative estimate of drug-likeness (QED) is 0.535. The summed E-state index contributed by atoms with van der Waals surface area (Å²) in [6, 6.07) is 4.37. The summed E-state index contributed by atoms with van der Waals surface area (Å²) in [5.41, 5.74) is 2.64. The highest BCUT2D eigenvalue weighted by atomic mass is 31.1. The van der Waals surface area contributed by atoms with E-state index in [9.17, 15) is 4.57 Å². The van der Waals surface area contributed by atoms with Crippen LogP contribution in [-0.2, 0) is 34.8 Å². The van der Waals surface area contributed by atoms with Gasteiger partial charge in [-0.15, -0.1) is 4.52 Å². The van der Waals surface area contributed by atoms with E-state index in [1.807, 2.05) is 6.92 Å². The van der Waals surface area contributed by atoms with E-state index in [2.05, 4.69) is 60.6 Å². The lowest BCUT2D eigenvalue weighted by atomic mass is 9.74. The molecule has 0 N–H and O–H groups in total. The summed E-state index contributed by atoms with van der Waals surface area (Å²) in [5.74, 6) is 0. The number of hydrogen-bond donors (Lipinski definition) is 0. The summed E-state index contributed by atoms with van der Waals surface area (Å²) in [5, 5.41) is 0.795. The van der Waals surface area contributed by atoms with Crippen molar-refractivity contribution in [3.63, 3.8) is 0 Å². The molecule has 1 rings (SSSR count). The SMILES string of the molecule is CCO[P+](=O)c1c(C(C)(C)COC)cc(C(C)(C)C)cc1C(C)(C)COC. The molecule has 0 saturated carbocycles. The predicted molar refractivity (Wildman–Crippen MR) is 114 cm³/mol. The van der Waals surface area contributed by atoms with E-state index < -0.39 is 8.03 Å². The molecule has 0 spiro atoms. The van der Waals surface area contributed by atoms with Crippen LogP contribution in [0.4, 0.5) is 0 Å². The second kappa shape index (κ2) is 9.13. The van der Waals surface area contributed by atoms with Gasteiger partial charge >= 0.3 is 8.03 Å². The van der Waals surface area contributed by atoms with Crippen molar-refractivity contribution in [2.24, 2.45) is 0 Å². The monoisotopic (exact) mass is 397 g/mol. The minimum Gasteiger partial charge on any atom is -0.384 e. The Morgan fingerprint density at radius 2 is 1.26 bits per heavy atom. The summed E-state index contributed by atoms with van der Waals surface area (Å²) >= 11 is 0. The summed E-state index contributed by atoms with van der Waals surface area (Å²) in [6.45, 7) is 18.5. The first-order valence-electron chi connectivity index (χ1n) is 9.59. The van der Waals surface area contributed by atoms with Gasteiger partial charge < -0.3 is 9.47 Å². The van der Waals surface area contributed by atoms with E-state index in [4.69, 9.17) is 14.0 Å². The molecule has 0 saturated heterocycles. The van der Waals surface area contributed by atoms with Gasteiger partial charge in [0, 0.05) is 36.2 Å². The summed E-state index contributed by atoms with van der Waals surface area (Å²) < 4.78 is 29.8. The summed E-state index contributed by atoms with van der Waals surface area (Å²) in [7, 11) is 1.43. The Morgan fingerprint density at radius 1 is 0.852 bits per heavy atom. The molecule has 0 heterocycles. The van der Waals surface area contributed by atoms with Crippen LogP contribution in [0.2, 0.25) is 0 Å². The first-order valence-corrected chi connectivity index (χ1v) is 10.8. The van der Waals surface area contributed by atoms with Crippen molar-refractivity contribution in [2.75, 3.05) is 34.0 Å². The van der Waals surface area contributed by atoms with Gasteiger partial charge in [-0.25, -0.2) is 0 Å². The van der Waals surface area contributed by atoms with Gasteiger partial charge in [-0.2, -0.15) is 0 Å². The lowest BCUT2D eigenvalue weighted by molar-refractivity contribution is 0.144.